The van der Waals surface area contributed by atoms with Crippen LogP contribution in [0.25, 0.3) is 0 Å². The number of amides is 2. The smallest absolute Gasteiger partial charge is 0.317 e. The van der Waals surface area contributed by atoms with Crippen molar-refractivity contribution < 1.29 is 14.3 Å². The van der Waals surface area contributed by atoms with Crippen LogP contribution in [0.4, 0.5) is 9.18 Å². The van der Waals surface area contributed by atoms with Gasteiger partial charge in [0.2, 0.25) is 0 Å². The summed E-state index contributed by atoms with van der Waals surface area (Å²) in [6.45, 7) is 1.76. The minimum atomic E-state index is -0.245. The Kier molecular flexibility index (Phi) is 5.91. The summed E-state index contributed by atoms with van der Waals surface area (Å²) in [4.78, 5) is 16.9. The number of benzene rings is 1. The third-order valence-corrected chi connectivity index (χ3v) is 5.52. The van der Waals surface area contributed by atoms with Gasteiger partial charge in [-0.25, -0.2) is 9.18 Å². The van der Waals surface area contributed by atoms with Gasteiger partial charge < -0.3 is 15.3 Å². The summed E-state index contributed by atoms with van der Waals surface area (Å²) in [5.74, 6) is -0.245. The Hall–Kier alpha value is -1.66. The average molecular weight is 349 g/mol. The van der Waals surface area contributed by atoms with E-state index in [0.717, 1.165) is 44.3 Å². The van der Waals surface area contributed by atoms with Crippen molar-refractivity contribution in [1.82, 2.24) is 15.1 Å². The first-order valence-corrected chi connectivity index (χ1v) is 9.24. The molecule has 0 aliphatic carbocycles. The molecule has 2 aliphatic rings. The van der Waals surface area contributed by atoms with E-state index in [1.807, 2.05) is 11.9 Å². The molecule has 0 saturated carbocycles. The molecule has 2 fully saturated rings. The second-order valence-corrected chi connectivity index (χ2v) is 7.18. The highest BCUT2D eigenvalue weighted by Gasteiger charge is 2.36. The number of piperidine rings is 1. The first-order valence-electron chi connectivity index (χ1n) is 9.24. The molecule has 138 valence electrons. The van der Waals surface area contributed by atoms with Crippen molar-refractivity contribution in [2.75, 3.05) is 26.7 Å². The number of hydrogen-bond acceptors (Lipinski definition) is 3. The van der Waals surface area contributed by atoms with Crippen LogP contribution in [-0.2, 0) is 0 Å². The highest BCUT2D eigenvalue weighted by atomic mass is 19.1. The molecule has 0 bridgehead atoms. The van der Waals surface area contributed by atoms with Crippen LogP contribution in [0.1, 0.15) is 43.7 Å². The van der Waals surface area contributed by atoms with Gasteiger partial charge in [-0.15, -0.1) is 0 Å². The second kappa shape index (κ2) is 8.15. The van der Waals surface area contributed by atoms with Crippen LogP contribution in [-0.4, -0.2) is 59.8 Å². The third kappa shape index (κ3) is 4.12. The molecule has 1 aromatic rings. The Bertz CT molecular complexity index is 579. The van der Waals surface area contributed by atoms with Crippen molar-refractivity contribution in [3.05, 3.63) is 35.6 Å². The number of likely N-dealkylation sites (tertiary alicyclic amines) is 2. The fourth-order valence-electron chi connectivity index (χ4n) is 4.20. The van der Waals surface area contributed by atoms with E-state index in [2.05, 4.69) is 10.2 Å². The molecule has 0 unspecified atom stereocenters. The quantitative estimate of drug-likeness (QED) is 0.878. The SMILES string of the molecule is CN1CC[C@H](NC(=O)N2CCCC[C@@H]2CCO)[C@@H]1c1ccc(F)cc1. The van der Waals surface area contributed by atoms with Crippen LogP contribution in [0, 0.1) is 5.82 Å². The largest absolute Gasteiger partial charge is 0.396 e. The normalized spacial score (nSPS) is 27.5. The van der Waals surface area contributed by atoms with E-state index in [9.17, 15) is 14.3 Å². The summed E-state index contributed by atoms with van der Waals surface area (Å²) < 4.78 is 13.2. The van der Waals surface area contributed by atoms with Gasteiger partial charge in [0.25, 0.3) is 0 Å². The molecule has 0 spiro atoms. The molecule has 6 heteroatoms. The number of halogens is 1. The maximum Gasteiger partial charge on any atom is 0.317 e. The molecule has 2 amide bonds. The summed E-state index contributed by atoms with van der Waals surface area (Å²) in [5.41, 5.74) is 1.03. The number of hydrogen-bond donors (Lipinski definition) is 2. The molecule has 0 radical (unpaired) electrons. The highest BCUT2D eigenvalue weighted by Crippen LogP contribution is 2.31. The van der Waals surface area contributed by atoms with E-state index in [1.54, 1.807) is 12.1 Å². The lowest BCUT2D eigenvalue weighted by molar-refractivity contribution is 0.128. The minimum absolute atomic E-state index is 0.0136. The second-order valence-electron chi connectivity index (χ2n) is 7.18. The number of aliphatic hydroxyl groups excluding tert-OH is 1. The van der Waals surface area contributed by atoms with Crippen LogP contribution in [0.2, 0.25) is 0 Å². The van der Waals surface area contributed by atoms with Crippen LogP contribution in [0.3, 0.4) is 0 Å². The maximum absolute atomic E-state index is 13.2. The first kappa shape index (κ1) is 18.1. The lowest BCUT2D eigenvalue weighted by atomic mass is 9.99. The van der Waals surface area contributed by atoms with Crippen molar-refractivity contribution in [3.8, 4) is 0 Å². The molecule has 0 aromatic heterocycles. The van der Waals surface area contributed by atoms with E-state index in [1.165, 1.54) is 12.1 Å². The number of urea groups is 1. The molecule has 2 heterocycles. The number of likely N-dealkylation sites (N-methyl/N-ethyl adjacent to an activating group) is 1. The van der Waals surface area contributed by atoms with Crippen LogP contribution >= 0.6 is 0 Å². The predicted octanol–water partition coefficient (Wildman–Crippen LogP) is 2.52. The van der Waals surface area contributed by atoms with Crippen LogP contribution in [0.15, 0.2) is 24.3 Å². The van der Waals surface area contributed by atoms with E-state index >= 15 is 0 Å². The third-order valence-electron chi connectivity index (χ3n) is 5.52. The fraction of sp³-hybridized carbons (Fsp3) is 0.632. The zero-order valence-corrected chi connectivity index (χ0v) is 14.8. The van der Waals surface area contributed by atoms with Gasteiger partial charge in [0.15, 0.2) is 0 Å². The number of carbonyl (C=O) groups excluding carboxylic acids is 1. The first-order chi connectivity index (χ1) is 12.1. The van der Waals surface area contributed by atoms with Gasteiger partial charge >= 0.3 is 6.03 Å². The van der Waals surface area contributed by atoms with Gasteiger partial charge in [-0.2, -0.15) is 0 Å². The summed E-state index contributed by atoms with van der Waals surface area (Å²) in [7, 11) is 2.04. The average Bonchev–Trinajstić information content (AvgIpc) is 2.97. The number of nitrogens with zero attached hydrogens (tertiary/aromatic N) is 2. The standard InChI is InChI=1S/C19H28FN3O2/c1-22-12-9-17(18(22)14-5-7-15(20)8-6-14)21-19(25)23-11-3-2-4-16(23)10-13-24/h5-8,16-18,24H,2-4,9-13H2,1H3,(H,21,25)/t16-,17+,18+/m1/s1. The molecule has 5 nitrogen and oxygen atoms in total. The van der Waals surface area contributed by atoms with Crippen molar-refractivity contribution in [2.24, 2.45) is 0 Å². The Labute approximate surface area is 148 Å². The summed E-state index contributed by atoms with van der Waals surface area (Å²) in [5, 5.41) is 12.5. The van der Waals surface area contributed by atoms with Crippen molar-refractivity contribution in [2.45, 2.75) is 50.2 Å². The zero-order chi connectivity index (χ0) is 17.8. The van der Waals surface area contributed by atoms with Crippen LogP contribution in [0.5, 0.6) is 0 Å². The predicted molar refractivity (Wildman–Crippen MR) is 94.8 cm³/mol. The molecule has 25 heavy (non-hydrogen) atoms. The van der Waals surface area contributed by atoms with E-state index in [4.69, 9.17) is 0 Å². The van der Waals surface area contributed by atoms with Gasteiger partial charge in [0.1, 0.15) is 5.82 Å². The van der Waals surface area contributed by atoms with Crippen molar-refractivity contribution >= 4 is 6.03 Å². The summed E-state index contributed by atoms with van der Waals surface area (Å²) in [6.07, 6.45) is 4.60. The fourth-order valence-corrected chi connectivity index (χ4v) is 4.20. The molecular weight excluding hydrogens is 321 g/mol. The minimum Gasteiger partial charge on any atom is -0.396 e. The molecule has 2 saturated heterocycles. The van der Waals surface area contributed by atoms with Gasteiger partial charge in [0.05, 0.1) is 12.1 Å². The summed E-state index contributed by atoms with van der Waals surface area (Å²) in [6, 6.07) is 6.72. The van der Waals surface area contributed by atoms with Gasteiger partial charge in [-0.3, -0.25) is 4.90 Å². The molecule has 3 atom stereocenters. The monoisotopic (exact) mass is 349 g/mol. The van der Waals surface area contributed by atoms with E-state index in [-0.39, 0.29) is 36.6 Å². The van der Waals surface area contributed by atoms with E-state index in [0.29, 0.717) is 6.42 Å². The number of aliphatic hydroxyl groups is 1. The molecule has 1 aromatic carbocycles. The van der Waals surface area contributed by atoms with E-state index < -0.39 is 0 Å². The Morgan fingerprint density at radius 2 is 2.00 bits per heavy atom. The molecule has 3 rings (SSSR count). The Morgan fingerprint density at radius 3 is 2.72 bits per heavy atom. The van der Waals surface area contributed by atoms with Crippen molar-refractivity contribution in [1.29, 1.82) is 0 Å². The topological polar surface area (TPSA) is 55.8 Å². The lowest BCUT2D eigenvalue weighted by Crippen LogP contribution is -2.52. The molecular formula is C19H28FN3O2. The number of carbonyl (C=O) groups is 1. The highest BCUT2D eigenvalue weighted by molar-refractivity contribution is 5.75. The van der Waals surface area contributed by atoms with Crippen molar-refractivity contribution in [3.63, 3.8) is 0 Å². The Morgan fingerprint density at radius 1 is 1.24 bits per heavy atom. The van der Waals surface area contributed by atoms with Crippen LogP contribution < -0.4 is 5.32 Å². The molecule has 2 N–H and O–H groups in total. The lowest BCUT2D eigenvalue weighted by Gasteiger charge is -2.37. The van der Waals surface area contributed by atoms with Gasteiger partial charge in [-0.1, -0.05) is 12.1 Å². The molecule has 2 aliphatic heterocycles. The maximum atomic E-state index is 13.2. The number of rotatable bonds is 4. The van der Waals surface area contributed by atoms with Gasteiger partial charge in [0, 0.05) is 25.7 Å². The Balaban J connectivity index is 1.69. The summed E-state index contributed by atoms with van der Waals surface area (Å²) >= 11 is 0. The van der Waals surface area contributed by atoms with Gasteiger partial charge in [-0.05, 0) is 56.8 Å². The number of nitrogens with one attached hydrogen (secondary N) is 1. The zero-order valence-electron chi connectivity index (χ0n) is 14.8.